The van der Waals surface area contributed by atoms with Crippen molar-refractivity contribution in [1.82, 2.24) is 30.4 Å². The molecule has 0 aliphatic carbocycles. The highest BCUT2D eigenvalue weighted by molar-refractivity contribution is 5.71. The highest BCUT2D eigenvalue weighted by atomic mass is 16.7. The van der Waals surface area contributed by atoms with Crippen LogP contribution in [0.1, 0.15) is 475 Å². The van der Waals surface area contributed by atoms with E-state index in [0.717, 1.165) is 217 Å². The van der Waals surface area contributed by atoms with Crippen LogP contribution >= 0.6 is 0 Å². The van der Waals surface area contributed by atoms with E-state index in [9.17, 15) is 28.8 Å². The Bertz CT molecular complexity index is 3490. The first kappa shape index (κ1) is 117. The zero-order chi connectivity index (χ0) is 100. The van der Waals surface area contributed by atoms with Gasteiger partial charge in [0.1, 0.15) is 48.8 Å². The van der Waals surface area contributed by atoms with E-state index in [2.05, 4.69) is 252 Å². The fourth-order valence-corrected chi connectivity index (χ4v) is 23.3. The number of ether oxygens (including phenoxy) is 6. The van der Waals surface area contributed by atoms with Gasteiger partial charge in [0.25, 0.3) is 0 Å². The first-order valence-corrected chi connectivity index (χ1v) is 52.1. The Kier molecular flexibility index (Phi) is 45.6. The monoisotopic (exact) mass is 1890 g/mol. The molecule has 4 atom stereocenters. The normalized spacial score (nSPS) is 22.9. The number of hydroxylamine groups is 12. The van der Waals surface area contributed by atoms with Gasteiger partial charge in [-0.15, -0.1) is 0 Å². The smallest absolute Gasteiger partial charge is 0.306 e. The van der Waals surface area contributed by atoms with Crippen LogP contribution in [-0.4, -0.2) is 196 Å². The summed E-state index contributed by atoms with van der Waals surface area (Å²) in [5, 5.41) is 12.6. The van der Waals surface area contributed by atoms with Gasteiger partial charge in [0.2, 0.25) is 0 Å². The minimum Gasteiger partial charge on any atom is -0.462 e. The molecule has 0 bridgehead atoms. The van der Waals surface area contributed by atoms with E-state index >= 15 is 0 Å². The van der Waals surface area contributed by atoms with Crippen molar-refractivity contribution in [2.24, 2.45) is 0 Å². The number of unbranched alkanes of at least 4 members (excludes halogenated alkanes) is 15. The van der Waals surface area contributed by atoms with Crippen molar-refractivity contribution in [2.45, 2.75) is 579 Å². The van der Waals surface area contributed by atoms with Gasteiger partial charge in [-0.05, 0) is 256 Å². The molecule has 0 aromatic heterocycles. The second-order valence-electron chi connectivity index (χ2n) is 47.8. The summed E-state index contributed by atoms with van der Waals surface area (Å²) in [5.41, 5.74) is -0.492. The number of piperidine rings is 6. The zero-order valence-corrected chi connectivity index (χ0v) is 90.4. The van der Waals surface area contributed by atoms with E-state index in [1.165, 1.54) is 0 Å². The highest BCUT2D eigenvalue weighted by Gasteiger charge is 2.55. The van der Waals surface area contributed by atoms with Crippen molar-refractivity contribution in [1.29, 1.82) is 0 Å². The van der Waals surface area contributed by atoms with Gasteiger partial charge in [-0.2, -0.15) is 30.4 Å². The summed E-state index contributed by atoms with van der Waals surface area (Å²) in [6, 6.07) is 20.5. The summed E-state index contributed by atoms with van der Waals surface area (Å²) < 4.78 is 35.6. The number of rotatable bonds is 47. The molecule has 0 saturated carbocycles. The molecule has 0 radical (unpaired) electrons. The first-order valence-electron chi connectivity index (χ1n) is 52.1. The largest absolute Gasteiger partial charge is 0.462 e. The van der Waals surface area contributed by atoms with Crippen LogP contribution in [0.4, 0.5) is 0 Å². The lowest BCUT2D eigenvalue weighted by atomic mass is 9.80. The summed E-state index contributed by atoms with van der Waals surface area (Å²) in [6.45, 7) is 64.4. The minimum absolute atomic E-state index is 0.0720. The third kappa shape index (κ3) is 37.3. The molecule has 6 aliphatic rings. The van der Waals surface area contributed by atoms with E-state index in [1.54, 1.807) is 14.2 Å². The third-order valence-corrected chi connectivity index (χ3v) is 28.3. The van der Waals surface area contributed by atoms with Gasteiger partial charge in [0.05, 0.1) is 26.4 Å². The fourth-order valence-electron chi connectivity index (χ4n) is 23.3. The fraction of sp³-hybridized carbons (Fsp3) is 0.836. The molecule has 4 unspecified atom stereocenters. The number of hydrogen-bond donors (Lipinski definition) is 0. The second kappa shape index (κ2) is 52.0. The van der Waals surface area contributed by atoms with Crippen LogP contribution in [-0.2, 0) is 86.2 Å². The Morgan fingerprint density at radius 1 is 0.246 bits per heavy atom. The standard InChI is InChI=1S/C44H68N2O6.C36H68N2O6.C30H56N2O6/c1-33(35-23-17-15-18-24-35)51-45-41(3,4)29-37(30-42(45,5)6)49-39(47)27-21-13-11-12-14-22-28-40(48)50-38-31-43(7,8)46(44(9,10)32-38)52-34(2)36-25-19-16-20-26-36;1-13-27(3)43-37-33(5,6)23-29(24-34(37,7)8)41-31(39)21-19-17-15-16-18-20-22-32(40)42-30-25-35(9,10)38(36(11,12)26-30)44-28(4)14-2;1-27(2)19-23(20-28(3,4)31(27)35-9)37-25(33)17-15-13-11-12-14-16-18-26(34)38-24-21-29(5,6)32(36-10)30(7,8)22-24/h15-20,23-26,33-34,37-38H,11-14,21-22,27-32H2,1-10H3;27-30H,13-26H2,1-12H3;23-24H,11-22H2,1-10H3. The highest BCUT2D eigenvalue weighted by Crippen LogP contribution is 2.48. The quantitative estimate of drug-likeness (QED) is 0.0340. The summed E-state index contributed by atoms with van der Waals surface area (Å²) in [4.78, 5) is 113. The van der Waals surface area contributed by atoms with Gasteiger partial charge in [-0.3, -0.25) is 48.1 Å². The lowest BCUT2D eigenvalue weighted by Crippen LogP contribution is -2.62. The van der Waals surface area contributed by atoms with Gasteiger partial charge in [-0.25, -0.2) is 0 Å². The van der Waals surface area contributed by atoms with E-state index in [1.807, 2.05) is 46.5 Å². The Labute approximate surface area is 813 Å². The molecule has 2 aromatic rings. The van der Waals surface area contributed by atoms with Gasteiger partial charge in [0.15, 0.2) is 0 Å². The molecule has 24 heteroatoms. The molecule has 8 rings (SSSR count). The number of benzene rings is 2. The maximum Gasteiger partial charge on any atom is 0.306 e. The Hall–Kier alpha value is -5.22. The molecule has 2 aromatic carbocycles. The second-order valence-corrected chi connectivity index (χ2v) is 47.8. The minimum atomic E-state index is -0.288. The summed E-state index contributed by atoms with van der Waals surface area (Å²) >= 11 is 0. The number of esters is 6. The predicted molar refractivity (Wildman–Crippen MR) is 533 cm³/mol. The van der Waals surface area contributed by atoms with E-state index in [4.69, 9.17) is 57.4 Å². The zero-order valence-electron chi connectivity index (χ0n) is 90.4. The van der Waals surface area contributed by atoms with Crippen molar-refractivity contribution in [3.8, 4) is 0 Å². The molecule has 770 valence electrons. The summed E-state index contributed by atoms with van der Waals surface area (Å²) in [5.74, 6) is -0.606. The number of carbonyl (C=O) groups excluding carboxylic acids is 6. The Morgan fingerprint density at radius 3 is 0.552 bits per heavy atom. The van der Waals surface area contributed by atoms with Crippen LogP contribution in [0.2, 0.25) is 0 Å². The summed E-state index contributed by atoms with van der Waals surface area (Å²) in [7, 11) is 3.41. The first-order chi connectivity index (χ1) is 62.3. The van der Waals surface area contributed by atoms with E-state index < -0.39 is 0 Å². The molecule has 6 saturated heterocycles. The predicted octanol–water partition coefficient (Wildman–Crippen LogP) is 25.7. The maximum absolute atomic E-state index is 12.8. The van der Waals surface area contributed by atoms with Gasteiger partial charge < -0.3 is 38.1 Å². The molecule has 24 nitrogen and oxygen atoms in total. The molecule has 134 heavy (non-hydrogen) atoms. The van der Waals surface area contributed by atoms with E-state index in [-0.39, 0.29) is 163 Å². The number of hydrogen-bond acceptors (Lipinski definition) is 24. The molecular formula is C110H192N6O18. The van der Waals surface area contributed by atoms with Gasteiger partial charge >= 0.3 is 35.8 Å². The van der Waals surface area contributed by atoms with Crippen molar-refractivity contribution >= 4 is 35.8 Å². The van der Waals surface area contributed by atoms with Gasteiger partial charge in [0, 0.05) is 182 Å². The maximum atomic E-state index is 12.8. The molecule has 6 aliphatic heterocycles. The molecule has 6 fully saturated rings. The molecule has 6 heterocycles. The molecule has 0 spiro atoms. The Balaban J connectivity index is 0.000000313. The van der Waals surface area contributed by atoms with Crippen molar-refractivity contribution in [3.63, 3.8) is 0 Å². The average molecular weight is 1890 g/mol. The van der Waals surface area contributed by atoms with Crippen LogP contribution < -0.4 is 0 Å². The SMILES string of the molecule is CC(ON1C(C)(C)CC(OC(=O)CCCCCCCCC(=O)OC2CC(C)(C)N(OC(C)c3ccccc3)C(C)(C)C2)CC1(C)C)c1ccccc1.CCC(C)ON1C(C)(C)CC(OC(=O)CCCCCCCCC(=O)OC2CC(C)(C)N(OC(C)CC)C(C)(C)C2)CC1(C)C.CON1C(C)(C)CC(OC(=O)CCCCCCCCC(=O)OC2CC(C)(C)N(OC)C(C)(C)C2)CC1(C)C. The van der Waals surface area contributed by atoms with Crippen LogP contribution in [0.25, 0.3) is 0 Å². The number of carbonyl (C=O) groups is 6. The molecular weight excluding hydrogens is 1690 g/mol. The lowest BCUT2D eigenvalue weighted by Gasteiger charge is -2.54. The van der Waals surface area contributed by atoms with Crippen LogP contribution in [0.15, 0.2) is 60.7 Å². The Morgan fingerprint density at radius 2 is 0.396 bits per heavy atom. The lowest BCUT2D eigenvalue weighted by molar-refractivity contribution is -0.314. The summed E-state index contributed by atoms with van der Waals surface area (Å²) in [6.07, 6.45) is 30.5. The number of nitrogens with zero attached hydrogens (tertiary/aromatic N) is 6. The van der Waals surface area contributed by atoms with Crippen LogP contribution in [0.3, 0.4) is 0 Å². The van der Waals surface area contributed by atoms with Crippen LogP contribution in [0, 0.1) is 0 Å². The molecule has 0 amide bonds. The average Bonchev–Trinajstić information content (AvgIpc) is 0.782. The van der Waals surface area contributed by atoms with Crippen molar-refractivity contribution < 1.29 is 86.2 Å². The van der Waals surface area contributed by atoms with Crippen molar-refractivity contribution in [2.75, 3.05) is 14.2 Å². The van der Waals surface area contributed by atoms with Gasteiger partial charge in [-0.1, -0.05) is 152 Å². The van der Waals surface area contributed by atoms with E-state index in [0.29, 0.717) is 38.5 Å². The third-order valence-electron chi connectivity index (χ3n) is 28.3. The van der Waals surface area contributed by atoms with Crippen LogP contribution in [0.5, 0.6) is 0 Å². The molecule has 0 N–H and O–H groups in total. The topological polar surface area (TPSA) is 233 Å². The van der Waals surface area contributed by atoms with Crippen molar-refractivity contribution in [3.05, 3.63) is 71.8 Å².